The van der Waals surface area contributed by atoms with Crippen LogP contribution in [0.5, 0.6) is 0 Å². The maximum absolute atomic E-state index is 14.1. The highest BCUT2D eigenvalue weighted by atomic mass is 19.4. The molecule has 0 aliphatic heterocycles. The van der Waals surface area contributed by atoms with Crippen molar-refractivity contribution in [3.05, 3.63) is 94.0 Å². The zero-order valence-corrected chi connectivity index (χ0v) is 26.9. The van der Waals surface area contributed by atoms with Gasteiger partial charge in [0, 0.05) is 46.1 Å². The standard InChI is InChI=1S/C33H30F12N2O4/c1-5-27(2,3)25(48)19-8-10-20(11-9-19)26(49)47-24-13-7-18(16-22(24)29(51,32(40,41)42)33(43,44)45)14-17-6-12-23(46-4)21(15-17)28(50,30(34,35)36)31(37,38)39/h6-13,15-16,46,50-51H,5,14H2,1-4H3,(H,47,49). The van der Waals surface area contributed by atoms with E-state index in [0.717, 1.165) is 31.3 Å². The summed E-state index contributed by atoms with van der Waals surface area (Å²) in [6.07, 6.45) is -26.1. The summed E-state index contributed by atoms with van der Waals surface area (Å²) < 4.78 is 166. The predicted molar refractivity (Wildman–Crippen MR) is 160 cm³/mol. The number of benzene rings is 3. The molecule has 0 atom stereocenters. The molecular weight excluding hydrogens is 716 g/mol. The lowest BCUT2D eigenvalue weighted by Crippen LogP contribution is -2.54. The van der Waals surface area contributed by atoms with E-state index in [1.165, 1.54) is 12.1 Å². The van der Waals surface area contributed by atoms with Crippen molar-refractivity contribution in [2.45, 2.75) is 69.5 Å². The summed E-state index contributed by atoms with van der Waals surface area (Å²) in [5.41, 5.74) is -19.0. The minimum Gasteiger partial charge on any atom is -0.388 e. The number of nitrogens with one attached hydrogen (secondary N) is 2. The largest absolute Gasteiger partial charge is 0.430 e. The molecule has 0 spiro atoms. The first kappa shape index (κ1) is 41.1. The molecule has 18 heteroatoms. The van der Waals surface area contributed by atoms with Crippen molar-refractivity contribution in [3.63, 3.8) is 0 Å². The second-order valence-electron chi connectivity index (χ2n) is 12.2. The molecule has 0 saturated heterocycles. The highest BCUT2D eigenvalue weighted by Crippen LogP contribution is 2.54. The van der Waals surface area contributed by atoms with E-state index in [0.29, 0.717) is 18.6 Å². The fourth-order valence-corrected chi connectivity index (χ4v) is 5.02. The average molecular weight is 747 g/mol. The van der Waals surface area contributed by atoms with Gasteiger partial charge in [-0.15, -0.1) is 0 Å². The Morgan fingerprint density at radius 2 is 0.980 bits per heavy atom. The van der Waals surface area contributed by atoms with E-state index in [1.54, 1.807) is 20.8 Å². The Hall–Kier alpha value is -4.32. The lowest BCUT2D eigenvalue weighted by Gasteiger charge is -2.34. The Balaban J connectivity index is 2.17. The first-order valence-corrected chi connectivity index (χ1v) is 14.7. The number of carbonyl (C=O) groups is 2. The number of Topliss-reactive ketones (excluding diaryl/α,β-unsaturated/α-hetero) is 1. The molecule has 280 valence electrons. The first-order chi connectivity index (χ1) is 23.1. The molecular formula is C33H30F12N2O4. The van der Waals surface area contributed by atoms with Crippen LogP contribution in [-0.2, 0) is 17.6 Å². The van der Waals surface area contributed by atoms with Crippen molar-refractivity contribution in [1.29, 1.82) is 0 Å². The molecule has 0 aliphatic rings. The van der Waals surface area contributed by atoms with Crippen molar-refractivity contribution in [2.24, 2.45) is 5.41 Å². The number of alkyl halides is 12. The number of anilines is 2. The molecule has 3 aromatic carbocycles. The van der Waals surface area contributed by atoms with E-state index in [1.807, 2.05) is 5.32 Å². The van der Waals surface area contributed by atoms with Crippen LogP contribution >= 0.6 is 0 Å². The maximum atomic E-state index is 14.1. The minimum atomic E-state index is -6.48. The van der Waals surface area contributed by atoms with Crippen LogP contribution in [0.25, 0.3) is 0 Å². The summed E-state index contributed by atoms with van der Waals surface area (Å²) in [6, 6.07) is 7.85. The van der Waals surface area contributed by atoms with Crippen LogP contribution in [0.15, 0.2) is 60.7 Å². The zero-order valence-electron chi connectivity index (χ0n) is 26.9. The van der Waals surface area contributed by atoms with Crippen molar-refractivity contribution in [3.8, 4) is 0 Å². The summed E-state index contributed by atoms with van der Waals surface area (Å²) in [5, 5.41) is 24.2. The fourth-order valence-electron chi connectivity index (χ4n) is 5.02. The predicted octanol–water partition coefficient (Wildman–Crippen LogP) is 8.81. The number of rotatable bonds is 10. The number of carbonyl (C=O) groups excluding carboxylic acids is 2. The average Bonchev–Trinajstić information content (AvgIpc) is 3.02. The molecule has 0 fully saturated rings. The van der Waals surface area contributed by atoms with Crippen LogP contribution in [-0.4, -0.2) is 53.7 Å². The van der Waals surface area contributed by atoms with Crippen LogP contribution in [0.3, 0.4) is 0 Å². The van der Waals surface area contributed by atoms with E-state index in [4.69, 9.17) is 0 Å². The molecule has 0 aliphatic carbocycles. The van der Waals surface area contributed by atoms with E-state index in [-0.39, 0.29) is 29.0 Å². The summed E-state index contributed by atoms with van der Waals surface area (Å²) in [6.45, 7) is 5.07. The van der Waals surface area contributed by atoms with E-state index in [2.05, 4.69) is 5.32 Å². The summed E-state index contributed by atoms with van der Waals surface area (Å²) in [4.78, 5) is 25.7. The van der Waals surface area contributed by atoms with Crippen molar-refractivity contribution in [1.82, 2.24) is 0 Å². The molecule has 1 amide bonds. The van der Waals surface area contributed by atoms with Gasteiger partial charge in [0.1, 0.15) is 0 Å². The Morgan fingerprint density at radius 3 is 1.35 bits per heavy atom. The Bertz CT molecular complexity index is 1730. The van der Waals surface area contributed by atoms with E-state index >= 15 is 0 Å². The number of hydrogen-bond donors (Lipinski definition) is 4. The number of hydrogen-bond acceptors (Lipinski definition) is 5. The summed E-state index contributed by atoms with van der Waals surface area (Å²) in [7, 11) is 0.932. The number of halogens is 12. The molecule has 0 saturated carbocycles. The molecule has 6 nitrogen and oxygen atoms in total. The fraction of sp³-hybridized carbons (Fsp3) is 0.394. The molecule has 3 aromatic rings. The monoisotopic (exact) mass is 746 g/mol. The van der Waals surface area contributed by atoms with Crippen molar-refractivity contribution in [2.75, 3.05) is 17.7 Å². The van der Waals surface area contributed by atoms with Gasteiger partial charge in [-0.05, 0) is 60.4 Å². The molecule has 3 rings (SSSR count). The van der Waals surface area contributed by atoms with Crippen molar-refractivity contribution < 1.29 is 72.5 Å². The highest BCUT2D eigenvalue weighted by molar-refractivity contribution is 6.06. The van der Waals surface area contributed by atoms with Gasteiger partial charge in [-0.1, -0.05) is 45.0 Å². The van der Waals surface area contributed by atoms with Gasteiger partial charge in [0.2, 0.25) is 0 Å². The van der Waals surface area contributed by atoms with Crippen LogP contribution < -0.4 is 10.6 Å². The van der Waals surface area contributed by atoms with Gasteiger partial charge in [-0.2, -0.15) is 52.7 Å². The van der Waals surface area contributed by atoms with Gasteiger partial charge in [0.25, 0.3) is 17.1 Å². The third kappa shape index (κ3) is 7.66. The van der Waals surface area contributed by atoms with Crippen LogP contribution in [0.1, 0.15) is 70.2 Å². The maximum Gasteiger partial charge on any atom is 0.430 e. The van der Waals surface area contributed by atoms with Gasteiger partial charge >= 0.3 is 24.7 Å². The van der Waals surface area contributed by atoms with Gasteiger partial charge in [-0.3, -0.25) is 9.59 Å². The molecule has 0 unspecified atom stereocenters. The Morgan fingerprint density at radius 1 is 0.608 bits per heavy atom. The lowest BCUT2D eigenvalue weighted by atomic mass is 9.82. The van der Waals surface area contributed by atoms with Crippen LogP contribution in [0.4, 0.5) is 64.1 Å². The second kappa shape index (κ2) is 13.7. The molecule has 0 bridgehead atoms. The van der Waals surface area contributed by atoms with E-state index in [9.17, 15) is 72.5 Å². The van der Waals surface area contributed by atoms with Crippen molar-refractivity contribution >= 4 is 23.1 Å². The SMILES string of the molecule is CCC(C)(C)C(=O)c1ccc(C(=O)Nc2ccc(Cc3ccc(NC)c(C(O)(C(F)(F)F)C(F)(F)F)c3)cc2C(O)(C(F)(F)F)C(F)(F)F)cc1. The Labute approximate surface area is 282 Å². The first-order valence-electron chi connectivity index (χ1n) is 14.7. The molecule has 0 heterocycles. The number of amides is 1. The lowest BCUT2D eigenvalue weighted by molar-refractivity contribution is -0.376. The van der Waals surface area contributed by atoms with Gasteiger partial charge in [0.05, 0.1) is 0 Å². The molecule has 51 heavy (non-hydrogen) atoms. The molecule has 0 radical (unpaired) electrons. The van der Waals surface area contributed by atoms with Gasteiger partial charge < -0.3 is 20.8 Å². The number of ketones is 1. The number of aliphatic hydroxyl groups is 2. The summed E-state index contributed by atoms with van der Waals surface area (Å²) in [5.74, 6) is -1.58. The highest BCUT2D eigenvalue weighted by Gasteiger charge is 2.73. The third-order valence-electron chi connectivity index (χ3n) is 8.42. The Kier molecular flexibility index (Phi) is 11.0. The van der Waals surface area contributed by atoms with E-state index < -0.39 is 87.3 Å². The zero-order chi connectivity index (χ0) is 39.2. The van der Waals surface area contributed by atoms with Crippen LogP contribution in [0.2, 0.25) is 0 Å². The summed E-state index contributed by atoms with van der Waals surface area (Å²) >= 11 is 0. The van der Waals surface area contributed by atoms with Gasteiger partial charge in [0.15, 0.2) is 5.78 Å². The van der Waals surface area contributed by atoms with Gasteiger partial charge in [-0.25, -0.2) is 0 Å². The molecule has 0 aromatic heterocycles. The van der Waals surface area contributed by atoms with Crippen LogP contribution in [0, 0.1) is 5.41 Å². The minimum absolute atomic E-state index is 0.135. The third-order valence-corrected chi connectivity index (χ3v) is 8.42. The smallest absolute Gasteiger partial charge is 0.388 e. The topological polar surface area (TPSA) is 98.7 Å². The normalized spacial score (nSPS) is 13.6. The second-order valence-corrected chi connectivity index (χ2v) is 12.2. The molecule has 4 N–H and O–H groups in total. The quantitative estimate of drug-likeness (QED) is 0.123.